The number of carbonyl (C=O) groups excluding carboxylic acids is 1. The molecule has 0 bridgehead atoms. The first-order valence-electron chi connectivity index (χ1n) is 5.56. The Morgan fingerprint density at radius 1 is 1.44 bits per heavy atom. The van der Waals surface area contributed by atoms with Crippen LogP contribution in [0.4, 0.5) is 0 Å². The molecule has 5 heteroatoms. The Balaban J connectivity index is 0.000000360. The molecule has 1 rings (SSSR count). The van der Waals surface area contributed by atoms with Gasteiger partial charge in [-0.3, -0.25) is 14.6 Å². The zero-order valence-electron chi connectivity index (χ0n) is 10.2. The van der Waals surface area contributed by atoms with Crippen LogP contribution in [0.1, 0.15) is 24.8 Å². The summed E-state index contributed by atoms with van der Waals surface area (Å²) < 4.78 is 0. The van der Waals surface area contributed by atoms with E-state index in [1.807, 2.05) is 6.07 Å². The van der Waals surface area contributed by atoms with Gasteiger partial charge in [0.15, 0.2) is 0 Å². The van der Waals surface area contributed by atoms with E-state index < -0.39 is 5.97 Å². The molecule has 0 aliphatic carbocycles. The second-order valence-electron chi connectivity index (χ2n) is 3.55. The number of carboxylic acids is 1. The third-order valence-corrected chi connectivity index (χ3v) is 1.95. The van der Waals surface area contributed by atoms with E-state index in [0.717, 1.165) is 5.56 Å². The van der Waals surface area contributed by atoms with Gasteiger partial charge in [0.2, 0.25) is 5.91 Å². The summed E-state index contributed by atoms with van der Waals surface area (Å²) in [6, 6.07) is 3.67. The predicted molar refractivity (Wildman–Crippen MR) is 68.8 cm³/mol. The minimum Gasteiger partial charge on any atom is -0.481 e. The van der Waals surface area contributed by atoms with Gasteiger partial charge in [-0.1, -0.05) is 12.1 Å². The van der Waals surface area contributed by atoms with Crippen molar-refractivity contribution in [3.63, 3.8) is 0 Å². The maximum atomic E-state index is 10.2. The number of carbonyl (C=O) groups is 2. The first kappa shape index (κ1) is 15.8. The Hall–Kier alpha value is -2.17. The summed E-state index contributed by atoms with van der Waals surface area (Å²) in [6.07, 6.45) is 6.87. The van der Waals surface area contributed by atoms with Gasteiger partial charge in [-0.2, -0.15) is 0 Å². The van der Waals surface area contributed by atoms with E-state index in [1.165, 1.54) is 0 Å². The van der Waals surface area contributed by atoms with Crippen LogP contribution in [-0.4, -0.2) is 22.0 Å². The summed E-state index contributed by atoms with van der Waals surface area (Å²) in [7, 11) is 0. The van der Waals surface area contributed by atoms with Crippen LogP contribution < -0.4 is 5.73 Å². The highest BCUT2D eigenvalue weighted by molar-refractivity contribution is 5.73. The zero-order valence-corrected chi connectivity index (χ0v) is 10.2. The second kappa shape index (κ2) is 10.0. The van der Waals surface area contributed by atoms with E-state index in [2.05, 4.69) is 11.6 Å². The molecule has 1 amide bonds. The van der Waals surface area contributed by atoms with E-state index in [0.29, 0.717) is 19.3 Å². The predicted octanol–water partition coefficient (Wildman–Crippen LogP) is 1.54. The van der Waals surface area contributed by atoms with Crippen molar-refractivity contribution in [3.8, 4) is 0 Å². The number of hydrogen-bond donors (Lipinski definition) is 2. The molecule has 5 nitrogen and oxygen atoms in total. The Labute approximate surface area is 106 Å². The first-order chi connectivity index (χ1) is 8.56. The van der Waals surface area contributed by atoms with Gasteiger partial charge in [-0.05, 0) is 24.5 Å². The molecule has 0 unspecified atom stereocenters. The number of aliphatic carboxylic acids is 1. The number of allylic oxidation sites excluding steroid dienone is 1. The second-order valence-corrected chi connectivity index (χ2v) is 3.55. The third kappa shape index (κ3) is 10.4. The third-order valence-electron chi connectivity index (χ3n) is 1.95. The number of primary amides is 1. The first-order valence-corrected chi connectivity index (χ1v) is 5.56. The lowest BCUT2D eigenvalue weighted by Crippen LogP contribution is -2.08. The lowest BCUT2D eigenvalue weighted by atomic mass is 10.2. The molecule has 0 radical (unpaired) electrons. The molecule has 0 aliphatic heterocycles. The van der Waals surface area contributed by atoms with Crippen LogP contribution in [-0.2, 0) is 16.0 Å². The fraction of sp³-hybridized carbons (Fsp3) is 0.308. The molecule has 0 fully saturated rings. The highest BCUT2D eigenvalue weighted by atomic mass is 16.4. The lowest BCUT2D eigenvalue weighted by molar-refractivity contribution is -0.137. The van der Waals surface area contributed by atoms with Crippen molar-refractivity contribution in [2.45, 2.75) is 25.7 Å². The van der Waals surface area contributed by atoms with E-state index >= 15 is 0 Å². The maximum absolute atomic E-state index is 10.2. The SMILES string of the molecule is C=CCCC(N)=O.O=C(O)CCc1cccnc1. The summed E-state index contributed by atoms with van der Waals surface area (Å²) >= 11 is 0. The minimum atomic E-state index is -0.770. The lowest BCUT2D eigenvalue weighted by Gasteiger charge is -1.94. The van der Waals surface area contributed by atoms with Crippen molar-refractivity contribution in [1.82, 2.24) is 4.98 Å². The number of aromatic nitrogens is 1. The van der Waals surface area contributed by atoms with Gasteiger partial charge in [0.1, 0.15) is 0 Å². The summed E-state index contributed by atoms with van der Waals surface area (Å²) in [5.74, 6) is -1.03. The van der Waals surface area contributed by atoms with Crippen molar-refractivity contribution in [1.29, 1.82) is 0 Å². The maximum Gasteiger partial charge on any atom is 0.303 e. The van der Waals surface area contributed by atoms with E-state index in [9.17, 15) is 9.59 Å². The monoisotopic (exact) mass is 250 g/mol. The number of amides is 1. The molecule has 0 saturated heterocycles. The number of nitrogens with two attached hydrogens (primary N) is 1. The molecule has 1 aromatic rings. The quantitative estimate of drug-likeness (QED) is 0.749. The Morgan fingerprint density at radius 2 is 2.17 bits per heavy atom. The molecule has 0 aromatic carbocycles. The molecule has 0 spiro atoms. The summed E-state index contributed by atoms with van der Waals surface area (Å²) in [5, 5.41) is 8.35. The van der Waals surface area contributed by atoms with Crippen LogP contribution in [0.15, 0.2) is 37.2 Å². The fourth-order valence-corrected chi connectivity index (χ4v) is 1.04. The molecular formula is C13H18N2O3. The van der Waals surface area contributed by atoms with Crippen molar-refractivity contribution in [2.24, 2.45) is 5.73 Å². The van der Waals surface area contributed by atoms with Crippen LogP contribution in [0.3, 0.4) is 0 Å². The van der Waals surface area contributed by atoms with Crippen molar-refractivity contribution in [3.05, 3.63) is 42.7 Å². The van der Waals surface area contributed by atoms with Gasteiger partial charge in [0, 0.05) is 25.2 Å². The summed E-state index contributed by atoms with van der Waals surface area (Å²) in [5.41, 5.74) is 5.76. The highest BCUT2D eigenvalue weighted by Crippen LogP contribution is 1.99. The van der Waals surface area contributed by atoms with Gasteiger partial charge in [-0.15, -0.1) is 6.58 Å². The molecule has 98 valence electrons. The number of rotatable bonds is 6. The average molecular weight is 250 g/mol. The summed E-state index contributed by atoms with van der Waals surface area (Å²) in [6.45, 7) is 3.42. The van der Waals surface area contributed by atoms with Crippen LogP contribution >= 0.6 is 0 Å². The Bertz CT molecular complexity index is 377. The Morgan fingerprint density at radius 3 is 2.56 bits per heavy atom. The molecule has 0 aliphatic rings. The summed E-state index contributed by atoms with van der Waals surface area (Å²) in [4.78, 5) is 24.0. The molecule has 0 atom stereocenters. The normalized spacial score (nSPS) is 8.89. The van der Waals surface area contributed by atoms with E-state index in [-0.39, 0.29) is 12.3 Å². The van der Waals surface area contributed by atoms with Crippen molar-refractivity contribution in [2.75, 3.05) is 0 Å². The number of carboxylic acid groups (broad SMARTS) is 1. The number of nitrogens with zero attached hydrogens (tertiary/aromatic N) is 1. The van der Waals surface area contributed by atoms with Crippen molar-refractivity contribution >= 4 is 11.9 Å². The average Bonchev–Trinajstić information content (AvgIpc) is 2.36. The molecule has 3 N–H and O–H groups in total. The van der Waals surface area contributed by atoms with Crippen LogP contribution in [0.2, 0.25) is 0 Å². The standard InChI is InChI=1S/C8H9NO2.C5H9NO/c10-8(11)4-3-7-2-1-5-9-6-7;1-2-3-4-5(6)7/h1-2,5-6H,3-4H2,(H,10,11);2H,1,3-4H2,(H2,6,7). The van der Waals surface area contributed by atoms with Crippen LogP contribution in [0, 0.1) is 0 Å². The zero-order chi connectivity index (χ0) is 13.8. The highest BCUT2D eigenvalue weighted by Gasteiger charge is 1.97. The topological polar surface area (TPSA) is 93.3 Å². The van der Waals surface area contributed by atoms with Crippen LogP contribution in [0.25, 0.3) is 0 Å². The van der Waals surface area contributed by atoms with Crippen molar-refractivity contribution < 1.29 is 14.7 Å². The largest absolute Gasteiger partial charge is 0.481 e. The smallest absolute Gasteiger partial charge is 0.303 e. The van der Waals surface area contributed by atoms with Gasteiger partial charge in [-0.25, -0.2) is 0 Å². The molecule has 1 heterocycles. The van der Waals surface area contributed by atoms with E-state index in [1.54, 1.807) is 24.5 Å². The fourth-order valence-electron chi connectivity index (χ4n) is 1.04. The molecule has 1 aromatic heterocycles. The number of aryl methyl sites for hydroxylation is 1. The molecule has 0 saturated carbocycles. The van der Waals surface area contributed by atoms with Gasteiger partial charge in [0.25, 0.3) is 0 Å². The van der Waals surface area contributed by atoms with Gasteiger partial charge >= 0.3 is 5.97 Å². The van der Waals surface area contributed by atoms with Crippen LogP contribution in [0.5, 0.6) is 0 Å². The number of pyridine rings is 1. The van der Waals surface area contributed by atoms with Gasteiger partial charge in [0.05, 0.1) is 0 Å². The molecule has 18 heavy (non-hydrogen) atoms. The van der Waals surface area contributed by atoms with E-state index in [4.69, 9.17) is 10.8 Å². The molecular weight excluding hydrogens is 232 g/mol. The van der Waals surface area contributed by atoms with Gasteiger partial charge < -0.3 is 10.8 Å². The number of hydrogen-bond acceptors (Lipinski definition) is 3. The minimum absolute atomic E-state index is 0.172. The Kier molecular flexibility index (Phi) is 8.81.